The number of hydrogen-bond donors (Lipinski definition) is 0. The van der Waals surface area contributed by atoms with E-state index in [1.165, 1.54) is 4.90 Å². The molecule has 0 bridgehead atoms. The second kappa shape index (κ2) is 4.88. The quantitative estimate of drug-likeness (QED) is 0.445. The molecule has 0 unspecified atom stereocenters. The van der Waals surface area contributed by atoms with Crippen LogP contribution in [0, 0.1) is 0 Å². The van der Waals surface area contributed by atoms with Crippen LogP contribution in [-0.4, -0.2) is 38.3 Å². The van der Waals surface area contributed by atoms with Crippen molar-refractivity contribution in [2.75, 3.05) is 12.4 Å². The van der Waals surface area contributed by atoms with Gasteiger partial charge in [0, 0.05) is 5.75 Å². The molecule has 1 saturated heterocycles. The van der Waals surface area contributed by atoms with Gasteiger partial charge in [-0.3, -0.25) is 9.69 Å². The third kappa shape index (κ3) is 3.02. The fourth-order valence-electron chi connectivity index (χ4n) is 1.55. The van der Waals surface area contributed by atoms with Crippen LogP contribution in [-0.2, 0) is 14.3 Å². The molecule has 1 atom stereocenters. The molecule has 2 heterocycles. The van der Waals surface area contributed by atoms with E-state index in [0.29, 0.717) is 12.2 Å². The van der Waals surface area contributed by atoms with Crippen LogP contribution in [0.1, 0.15) is 6.42 Å². The molecule has 17 heavy (non-hydrogen) atoms. The third-order valence-electron chi connectivity index (χ3n) is 2.31. The highest BCUT2D eigenvalue weighted by atomic mass is 35.6. The SMILES string of the molecule is O=C(OCC(Cl)(Cl)Cl)C1=CCS[C@H]2CC(=O)N12. The number of carbonyl (C=O) groups excluding carboxylic acids is 2. The van der Waals surface area contributed by atoms with Gasteiger partial charge in [0.2, 0.25) is 9.70 Å². The Morgan fingerprint density at radius 3 is 2.88 bits per heavy atom. The number of β-lactam (4-membered cyclic amide) rings is 1. The first kappa shape index (κ1) is 13.3. The first-order chi connectivity index (χ1) is 7.88. The van der Waals surface area contributed by atoms with E-state index in [1.54, 1.807) is 17.8 Å². The highest BCUT2D eigenvalue weighted by Crippen LogP contribution is 2.37. The molecule has 0 aliphatic carbocycles. The monoisotopic (exact) mass is 315 g/mol. The van der Waals surface area contributed by atoms with Gasteiger partial charge in [0.25, 0.3) is 0 Å². The summed E-state index contributed by atoms with van der Waals surface area (Å²) in [6.07, 6.45) is 2.11. The lowest BCUT2D eigenvalue weighted by molar-refractivity contribution is -0.149. The van der Waals surface area contributed by atoms with Crippen molar-refractivity contribution in [3.05, 3.63) is 11.8 Å². The minimum Gasteiger partial charge on any atom is -0.456 e. The van der Waals surface area contributed by atoms with Crippen molar-refractivity contribution in [2.24, 2.45) is 0 Å². The number of halogens is 3. The zero-order valence-corrected chi connectivity index (χ0v) is 11.6. The van der Waals surface area contributed by atoms with E-state index in [9.17, 15) is 9.59 Å². The van der Waals surface area contributed by atoms with Crippen molar-refractivity contribution in [2.45, 2.75) is 15.6 Å². The van der Waals surface area contributed by atoms with Crippen LogP contribution < -0.4 is 0 Å². The standard InChI is InChI=1S/C9H8Cl3NO3S/c10-9(11,12)4-16-8(15)5-1-2-17-7-3-6(14)13(5)7/h1,7H,2-4H2/t7-/m0/s1. The lowest BCUT2D eigenvalue weighted by Gasteiger charge is -2.42. The van der Waals surface area contributed by atoms with Gasteiger partial charge in [0.05, 0.1) is 11.8 Å². The first-order valence-electron chi connectivity index (χ1n) is 4.76. The van der Waals surface area contributed by atoms with Gasteiger partial charge in [-0.25, -0.2) is 4.79 Å². The van der Waals surface area contributed by atoms with Gasteiger partial charge >= 0.3 is 5.97 Å². The average Bonchev–Trinajstić information content (AvgIpc) is 2.22. The molecular formula is C9H8Cl3NO3S. The summed E-state index contributed by atoms with van der Waals surface area (Å²) in [5.41, 5.74) is 0.249. The minimum atomic E-state index is -1.64. The van der Waals surface area contributed by atoms with Crippen LogP contribution in [0.5, 0.6) is 0 Å². The largest absolute Gasteiger partial charge is 0.456 e. The second-order valence-corrected chi connectivity index (χ2v) is 7.26. The molecule has 1 amide bonds. The van der Waals surface area contributed by atoms with Crippen LogP contribution in [0.2, 0.25) is 0 Å². The van der Waals surface area contributed by atoms with Crippen LogP contribution in [0.25, 0.3) is 0 Å². The molecule has 0 aromatic heterocycles. The Balaban J connectivity index is 1.99. The van der Waals surface area contributed by atoms with Gasteiger partial charge in [-0.15, -0.1) is 11.8 Å². The number of thioether (sulfide) groups is 1. The number of carbonyl (C=O) groups is 2. The third-order valence-corrected chi connectivity index (χ3v) is 3.76. The predicted octanol–water partition coefficient (Wildman–Crippen LogP) is 2.09. The van der Waals surface area contributed by atoms with E-state index >= 15 is 0 Å². The summed E-state index contributed by atoms with van der Waals surface area (Å²) >= 11 is 18.0. The Morgan fingerprint density at radius 2 is 2.29 bits per heavy atom. The molecule has 1 fully saturated rings. The summed E-state index contributed by atoms with van der Waals surface area (Å²) < 4.78 is 3.20. The van der Waals surface area contributed by atoms with Crippen LogP contribution in [0.15, 0.2) is 11.8 Å². The molecule has 2 aliphatic rings. The summed E-state index contributed by atoms with van der Waals surface area (Å²) in [5, 5.41) is 0.0443. The molecule has 8 heteroatoms. The van der Waals surface area contributed by atoms with Crippen molar-refractivity contribution in [3.8, 4) is 0 Å². The van der Waals surface area contributed by atoms with Gasteiger partial charge in [0.15, 0.2) is 0 Å². The Hall–Kier alpha value is -0.100. The maximum atomic E-state index is 11.7. The van der Waals surface area contributed by atoms with Gasteiger partial charge in [0.1, 0.15) is 12.3 Å². The fourth-order valence-corrected chi connectivity index (χ4v) is 2.83. The summed E-state index contributed by atoms with van der Waals surface area (Å²) in [5.74, 6) is -0.0407. The molecule has 0 radical (unpaired) electrons. The van der Waals surface area contributed by atoms with Gasteiger partial charge in [-0.05, 0) is 6.08 Å². The Morgan fingerprint density at radius 1 is 1.59 bits per heavy atom. The highest BCUT2D eigenvalue weighted by Gasteiger charge is 2.43. The number of alkyl halides is 3. The topological polar surface area (TPSA) is 46.6 Å². The van der Waals surface area contributed by atoms with Crippen molar-refractivity contribution in [3.63, 3.8) is 0 Å². The Kier molecular flexibility index (Phi) is 3.83. The van der Waals surface area contributed by atoms with E-state index < -0.39 is 9.76 Å². The lowest BCUT2D eigenvalue weighted by atomic mass is 10.1. The lowest BCUT2D eigenvalue weighted by Crippen LogP contribution is -2.53. The smallest absolute Gasteiger partial charge is 0.354 e. The number of fused-ring (bicyclic) bond motifs is 1. The fraction of sp³-hybridized carbons (Fsp3) is 0.556. The number of ether oxygens (including phenoxy) is 1. The molecule has 0 aromatic carbocycles. The zero-order chi connectivity index (χ0) is 12.6. The molecule has 0 spiro atoms. The van der Waals surface area contributed by atoms with Crippen LogP contribution >= 0.6 is 46.6 Å². The van der Waals surface area contributed by atoms with E-state index in [1.807, 2.05) is 0 Å². The molecule has 0 N–H and O–H groups in total. The van der Waals surface area contributed by atoms with Crippen LogP contribution in [0.4, 0.5) is 0 Å². The van der Waals surface area contributed by atoms with E-state index in [-0.39, 0.29) is 23.6 Å². The maximum Gasteiger partial charge on any atom is 0.354 e. The number of rotatable bonds is 2. The van der Waals surface area contributed by atoms with Crippen molar-refractivity contribution >= 4 is 58.4 Å². The normalized spacial score (nSPS) is 23.7. The first-order valence-corrected chi connectivity index (χ1v) is 6.94. The maximum absolute atomic E-state index is 11.7. The van der Waals surface area contributed by atoms with E-state index in [4.69, 9.17) is 39.5 Å². The molecule has 2 rings (SSSR count). The highest BCUT2D eigenvalue weighted by molar-refractivity contribution is 8.00. The number of amides is 1. The van der Waals surface area contributed by atoms with Crippen molar-refractivity contribution in [1.82, 2.24) is 4.90 Å². The average molecular weight is 317 g/mol. The molecule has 2 aliphatic heterocycles. The number of nitrogens with zero attached hydrogens (tertiary/aromatic N) is 1. The molecular weight excluding hydrogens is 309 g/mol. The minimum absolute atomic E-state index is 0.0443. The summed E-state index contributed by atoms with van der Waals surface area (Å²) in [4.78, 5) is 24.5. The number of hydrogen-bond acceptors (Lipinski definition) is 4. The van der Waals surface area contributed by atoms with Gasteiger partial charge in [-0.1, -0.05) is 34.8 Å². The molecule has 4 nitrogen and oxygen atoms in total. The van der Waals surface area contributed by atoms with Crippen molar-refractivity contribution < 1.29 is 14.3 Å². The van der Waals surface area contributed by atoms with Crippen LogP contribution in [0.3, 0.4) is 0 Å². The van der Waals surface area contributed by atoms with Gasteiger partial charge < -0.3 is 4.74 Å². The molecule has 0 aromatic rings. The summed E-state index contributed by atoms with van der Waals surface area (Å²) in [6, 6.07) is 0. The van der Waals surface area contributed by atoms with Gasteiger partial charge in [-0.2, -0.15) is 0 Å². The van der Waals surface area contributed by atoms with Crippen molar-refractivity contribution in [1.29, 1.82) is 0 Å². The second-order valence-electron chi connectivity index (χ2n) is 3.54. The Labute approximate surface area is 117 Å². The summed E-state index contributed by atoms with van der Waals surface area (Å²) in [7, 11) is 0. The number of esters is 1. The van der Waals surface area contributed by atoms with E-state index in [2.05, 4.69) is 0 Å². The van der Waals surface area contributed by atoms with E-state index in [0.717, 1.165) is 0 Å². The summed E-state index contributed by atoms with van der Waals surface area (Å²) in [6.45, 7) is -0.340. The molecule has 0 saturated carbocycles. The predicted molar refractivity (Wildman–Crippen MR) is 67.0 cm³/mol. The Bertz CT molecular complexity index is 393. The zero-order valence-electron chi connectivity index (χ0n) is 8.49. The molecule has 94 valence electrons.